The van der Waals surface area contributed by atoms with Crippen LogP contribution in [0.3, 0.4) is 0 Å². The highest BCUT2D eigenvalue weighted by Gasteiger charge is 2.55. The zero-order valence-electron chi connectivity index (χ0n) is 11.7. The fourth-order valence-electron chi connectivity index (χ4n) is 4.23. The van der Waals surface area contributed by atoms with Crippen LogP contribution in [0, 0.1) is 5.41 Å². The van der Waals surface area contributed by atoms with E-state index in [-0.39, 0.29) is 16.9 Å². The molecule has 1 saturated carbocycles. The highest BCUT2D eigenvalue weighted by molar-refractivity contribution is 9.10. The normalized spacial score (nSPS) is 32.6. The highest BCUT2D eigenvalue weighted by atomic mass is 79.9. The molecular weight excluding hydrogens is 300 g/mol. The Labute approximate surface area is 123 Å². The van der Waals surface area contributed by atoms with Crippen molar-refractivity contribution in [2.24, 2.45) is 5.41 Å². The lowest BCUT2D eigenvalue weighted by Gasteiger charge is -2.46. The minimum atomic E-state index is -0.121. The maximum absolute atomic E-state index is 9.83. The quantitative estimate of drug-likeness (QED) is 0.736. The van der Waals surface area contributed by atoms with Gasteiger partial charge in [0.05, 0.1) is 6.10 Å². The molecule has 1 N–H and O–H groups in total. The molecule has 0 heterocycles. The summed E-state index contributed by atoms with van der Waals surface area (Å²) in [5.74, 6) is 0. The summed E-state index contributed by atoms with van der Waals surface area (Å²) in [5.41, 5.74) is 4.25. The van der Waals surface area contributed by atoms with Gasteiger partial charge in [0.2, 0.25) is 0 Å². The fraction of sp³-hybridized carbons (Fsp3) is 0.529. The minimum Gasteiger partial charge on any atom is -0.393 e. The van der Waals surface area contributed by atoms with Crippen molar-refractivity contribution in [3.63, 3.8) is 0 Å². The van der Waals surface area contributed by atoms with Gasteiger partial charge in [0.1, 0.15) is 0 Å². The number of aliphatic hydroxyl groups is 1. The van der Waals surface area contributed by atoms with Gasteiger partial charge in [0, 0.05) is 9.89 Å². The van der Waals surface area contributed by atoms with Crippen molar-refractivity contribution >= 4 is 21.5 Å². The van der Waals surface area contributed by atoms with E-state index in [0.717, 1.165) is 30.2 Å². The summed E-state index contributed by atoms with van der Waals surface area (Å²) in [6.45, 7) is 9.12. The molecule has 2 heteroatoms. The molecule has 1 aromatic rings. The van der Waals surface area contributed by atoms with Crippen LogP contribution >= 0.6 is 15.9 Å². The molecule has 3 rings (SSSR count). The Morgan fingerprint density at radius 2 is 1.89 bits per heavy atom. The zero-order valence-corrected chi connectivity index (χ0v) is 13.3. The summed E-state index contributed by atoms with van der Waals surface area (Å²) in [6.07, 6.45) is 3.78. The monoisotopic (exact) mass is 320 g/mol. The molecule has 19 heavy (non-hydrogen) atoms. The van der Waals surface area contributed by atoms with Crippen molar-refractivity contribution in [3.05, 3.63) is 40.4 Å². The van der Waals surface area contributed by atoms with Crippen molar-refractivity contribution in [1.82, 2.24) is 0 Å². The lowest BCUT2D eigenvalue weighted by atomic mass is 9.57. The molecule has 0 atom stereocenters. The smallest absolute Gasteiger partial charge is 0.0540 e. The van der Waals surface area contributed by atoms with Gasteiger partial charge < -0.3 is 5.11 Å². The van der Waals surface area contributed by atoms with Crippen LogP contribution in [0.5, 0.6) is 0 Å². The number of rotatable bonds is 0. The van der Waals surface area contributed by atoms with Gasteiger partial charge in [-0.3, -0.25) is 0 Å². The van der Waals surface area contributed by atoms with Gasteiger partial charge in [-0.05, 0) is 59.9 Å². The van der Waals surface area contributed by atoms with Gasteiger partial charge >= 0.3 is 0 Å². The van der Waals surface area contributed by atoms with E-state index in [1.165, 1.54) is 16.7 Å². The first-order valence-electron chi connectivity index (χ1n) is 7.06. The predicted octanol–water partition coefficient (Wildman–Crippen LogP) is 4.67. The summed E-state index contributed by atoms with van der Waals surface area (Å²) in [5, 5.41) is 9.83. The third-order valence-corrected chi connectivity index (χ3v) is 6.06. The second-order valence-corrected chi connectivity index (χ2v) is 7.52. The fourth-order valence-corrected chi connectivity index (χ4v) is 4.59. The summed E-state index contributed by atoms with van der Waals surface area (Å²) < 4.78 is 1.12. The van der Waals surface area contributed by atoms with E-state index in [2.05, 4.69) is 54.6 Å². The molecule has 1 aromatic carbocycles. The Kier molecular flexibility index (Phi) is 2.96. The van der Waals surface area contributed by atoms with Crippen LogP contribution in [0.15, 0.2) is 29.3 Å². The maximum atomic E-state index is 9.83. The van der Waals surface area contributed by atoms with Crippen molar-refractivity contribution in [1.29, 1.82) is 0 Å². The van der Waals surface area contributed by atoms with Crippen LogP contribution in [0.4, 0.5) is 0 Å². The second-order valence-electron chi connectivity index (χ2n) is 6.61. The van der Waals surface area contributed by atoms with E-state index < -0.39 is 0 Å². The molecule has 0 bridgehead atoms. The molecule has 0 unspecified atom stereocenters. The van der Waals surface area contributed by atoms with Crippen LogP contribution in [-0.2, 0) is 5.41 Å². The third kappa shape index (κ3) is 1.69. The molecule has 0 aromatic heterocycles. The van der Waals surface area contributed by atoms with E-state index in [1.807, 2.05) is 0 Å². The number of allylic oxidation sites excluding steroid dienone is 1. The average Bonchev–Trinajstić information content (AvgIpc) is 2.52. The largest absolute Gasteiger partial charge is 0.393 e. The van der Waals surface area contributed by atoms with Gasteiger partial charge in [-0.2, -0.15) is 0 Å². The molecule has 1 fully saturated rings. The Morgan fingerprint density at radius 3 is 2.53 bits per heavy atom. The lowest BCUT2D eigenvalue weighted by molar-refractivity contribution is 0.0606. The Hall–Kier alpha value is -0.600. The molecule has 2 aliphatic carbocycles. The number of aliphatic hydroxyl groups excluding tert-OH is 1. The van der Waals surface area contributed by atoms with Crippen LogP contribution in [0.25, 0.3) is 5.57 Å². The standard InChI is InChI=1S/C17H21BrO/c1-11-14-10-12(18)4-5-15(14)16(2,3)17(11)8-6-13(19)7-9-17/h4-5,10,13,19H,1,6-9H2,2-3H3. The van der Waals surface area contributed by atoms with E-state index in [9.17, 15) is 5.11 Å². The first kappa shape index (κ1) is 13.4. The molecule has 1 spiro atoms. The van der Waals surface area contributed by atoms with Gasteiger partial charge in [-0.15, -0.1) is 0 Å². The van der Waals surface area contributed by atoms with Gasteiger partial charge in [0.25, 0.3) is 0 Å². The van der Waals surface area contributed by atoms with Gasteiger partial charge in [-0.25, -0.2) is 0 Å². The molecule has 0 radical (unpaired) electrons. The lowest BCUT2D eigenvalue weighted by Crippen LogP contribution is -2.41. The van der Waals surface area contributed by atoms with Crippen LogP contribution in [0.2, 0.25) is 0 Å². The number of hydrogen-bond acceptors (Lipinski definition) is 1. The number of halogens is 1. The first-order chi connectivity index (χ1) is 8.88. The third-order valence-electron chi connectivity index (χ3n) is 5.56. The van der Waals surface area contributed by atoms with E-state index in [0.29, 0.717) is 0 Å². The summed E-state index contributed by atoms with van der Waals surface area (Å²) in [4.78, 5) is 0. The maximum Gasteiger partial charge on any atom is 0.0540 e. The van der Waals surface area contributed by atoms with Crippen molar-refractivity contribution < 1.29 is 5.11 Å². The Bertz CT molecular complexity index is 536. The second kappa shape index (κ2) is 4.20. The number of hydrogen-bond donors (Lipinski definition) is 1. The minimum absolute atomic E-state index is 0.111. The summed E-state index contributed by atoms with van der Waals surface area (Å²) in [6, 6.07) is 6.58. The highest BCUT2D eigenvalue weighted by Crippen LogP contribution is 2.64. The van der Waals surface area contributed by atoms with Crippen LogP contribution in [0.1, 0.15) is 50.7 Å². The molecule has 1 nitrogen and oxygen atoms in total. The molecule has 0 amide bonds. The molecular formula is C17H21BrO. The van der Waals surface area contributed by atoms with Crippen molar-refractivity contribution in [2.75, 3.05) is 0 Å². The van der Waals surface area contributed by atoms with E-state index in [4.69, 9.17) is 0 Å². The van der Waals surface area contributed by atoms with Gasteiger partial charge in [-0.1, -0.05) is 42.4 Å². The molecule has 102 valence electrons. The average molecular weight is 321 g/mol. The van der Waals surface area contributed by atoms with E-state index in [1.54, 1.807) is 0 Å². The summed E-state index contributed by atoms with van der Waals surface area (Å²) >= 11 is 3.57. The number of benzene rings is 1. The van der Waals surface area contributed by atoms with Gasteiger partial charge in [0.15, 0.2) is 0 Å². The molecule has 2 aliphatic rings. The van der Waals surface area contributed by atoms with Crippen molar-refractivity contribution in [2.45, 2.75) is 51.0 Å². The van der Waals surface area contributed by atoms with Crippen LogP contribution < -0.4 is 0 Å². The number of fused-ring (bicyclic) bond motifs is 1. The summed E-state index contributed by atoms with van der Waals surface area (Å²) in [7, 11) is 0. The van der Waals surface area contributed by atoms with Crippen molar-refractivity contribution in [3.8, 4) is 0 Å². The van der Waals surface area contributed by atoms with Crippen LogP contribution in [-0.4, -0.2) is 11.2 Å². The van der Waals surface area contributed by atoms with E-state index >= 15 is 0 Å². The molecule has 0 saturated heterocycles. The Balaban J connectivity index is 2.13. The molecule has 0 aliphatic heterocycles. The zero-order chi connectivity index (χ0) is 13.8. The Morgan fingerprint density at radius 1 is 1.26 bits per heavy atom. The topological polar surface area (TPSA) is 20.2 Å². The first-order valence-corrected chi connectivity index (χ1v) is 7.86. The predicted molar refractivity (Wildman–Crippen MR) is 83.1 cm³/mol. The SMILES string of the molecule is C=C1c2cc(Br)ccc2C(C)(C)C12CCC(O)CC2.